The highest BCUT2D eigenvalue weighted by Gasteiger charge is 2.43. The van der Waals surface area contributed by atoms with E-state index >= 15 is 0 Å². The van der Waals surface area contributed by atoms with E-state index < -0.39 is 18.2 Å². The molecule has 0 aromatic heterocycles. The smallest absolute Gasteiger partial charge is 0.329 e. The number of carbonyl (C=O) groups excluding carboxylic acids is 1. The number of rotatable bonds is 5. The third-order valence-electron chi connectivity index (χ3n) is 3.32. The van der Waals surface area contributed by atoms with Crippen LogP contribution in [0.4, 0.5) is 0 Å². The van der Waals surface area contributed by atoms with Gasteiger partial charge >= 0.3 is 5.97 Å². The maximum absolute atomic E-state index is 12.3. The first-order chi connectivity index (χ1) is 9.84. The second-order valence-electron chi connectivity index (χ2n) is 5.18. The number of benzene rings is 1. The largest absolute Gasteiger partial charge is 0.507 e. The number of hydrogen-bond donors (Lipinski definition) is 2. The number of carboxylic acids is 1. The maximum atomic E-state index is 12.3. The summed E-state index contributed by atoms with van der Waals surface area (Å²) < 4.78 is 10.3. The Balaban J connectivity index is 2.02. The molecule has 0 aliphatic carbocycles. The van der Waals surface area contributed by atoms with Crippen LogP contribution in [0.25, 0.3) is 0 Å². The maximum Gasteiger partial charge on any atom is 0.329 e. The summed E-state index contributed by atoms with van der Waals surface area (Å²) in [5, 5.41) is 18.4. The minimum atomic E-state index is -1.05. The molecule has 1 aromatic carbocycles. The first-order valence-electron chi connectivity index (χ1n) is 6.37. The van der Waals surface area contributed by atoms with Crippen molar-refractivity contribution in [1.29, 1.82) is 0 Å². The third-order valence-corrected chi connectivity index (χ3v) is 3.32. The molecule has 1 aliphatic heterocycles. The van der Waals surface area contributed by atoms with Crippen LogP contribution in [0.5, 0.6) is 11.5 Å². The van der Waals surface area contributed by atoms with E-state index in [1.165, 1.54) is 24.1 Å². The van der Waals surface area contributed by atoms with Gasteiger partial charge in [0.25, 0.3) is 5.91 Å². The predicted octanol–water partition coefficient (Wildman–Crippen LogP) is 0.716. The average Bonchev–Trinajstić information content (AvgIpc) is 2.42. The van der Waals surface area contributed by atoms with Crippen LogP contribution in [-0.4, -0.2) is 59.4 Å². The van der Waals surface area contributed by atoms with E-state index in [2.05, 4.69) is 0 Å². The number of methoxy groups -OCH3 is 1. The molecule has 7 heteroatoms. The Morgan fingerprint density at radius 3 is 2.62 bits per heavy atom. The zero-order chi connectivity index (χ0) is 15.6. The molecule has 21 heavy (non-hydrogen) atoms. The van der Waals surface area contributed by atoms with E-state index in [1.807, 2.05) is 0 Å². The Morgan fingerprint density at radius 2 is 2.05 bits per heavy atom. The summed E-state index contributed by atoms with van der Waals surface area (Å²) in [5.74, 6) is -1.04. The van der Waals surface area contributed by atoms with Crippen molar-refractivity contribution in [3.8, 4) is 11.5 Å². The topological polar surface area (TPSA) is 96.3 Å². The molecule has 0 spiro atoms. The fourth-order valence-corrected chi connectivity index (χ4v) is 2.22. The quantitative estimate of drug-likeness (QED) is 0.830. The van der Waals surface area contributed by atoms with Gasteiger partial charge in [-0.25, -0.2) is 4.79 Å². The minimum Gasteiger partial charge on any atom is -0.507 e. The van der Waals surface area contributed by atoms with Crippen LogP contribution < -0.4 is 4.74 Å². The van der Waals surface area contributed by atoms with Crippen molar-refractivity contribution in [2.24, 2.45) is 0 Å². The first-order valence-corrected chi connectivity index (χ1v) is 6.37. The molecule has 114 valence electrons. The van der Waals surface area contributed by atoms with Gasteiger partial charge in [0.2, 0.25) is 0 Å². The number of aromatic hydroxyl groups is 1. The zero-order valence-electron chi connectivity index (χ0n) is 11.8. The third kappa shape index (κ3) is 3.25. The van der Waals surface area contributed by atoms with Gasteiger partial charge in [-0.05, 0) is 25.1 Å². The SMILES string of the molecule is COc1ccc(O)c(C(=O)N2CC(C)(OCC(=O)O)C2)c1. The lowest BCUT2D eigenvalue weighted by atomic mass is 9.95. The molecule has 1 heterocycles. The number of carboxylic acid groups (broad SMARTS) is 1. The Hall–Kier alpha value is -2.28. The van der Waals surface area contributed by atoms with Gasteiger partial charge in [-0.1, -0.05) is 0 Å². The van der Waals surface area contributed by atoms with Crippen LogP contribution in [0.2, 0.25) is 0 Å². The fourth-order valence-electron chi connectivity index (χ4n) is 2.22. The second-order valence-corrected chi connectivity index (χ2v) is 5.18. The number of phenols is 1. The molecule has 7 nitrogen and oxygen atoms in total. The summed E-state index contributed by atoms with van der Waals surface area (Å²) in [5.41, 5.74) is -0.516. The molecule has 1 saturated heterocycles. The summed E-state index contributed by atoms with van der Waals surface area (Å²) in [6.07, 6.45) is 0. The van der Waals surface area contributed by atoms with Crippen LogP contribution in [-0.2, 0) is 9.53 Å². The Bertz CT molecular complexity index is 565. The Labute approximate surface area is 121 Å². The summed E-state index contributed by atoms with van der Waals surface area (Å²) in [6.45, 7) is 1.89. The second kappa shape index (κ2) is 5.61. The summed E-state index contributed by atoms with van der Waals surface area (Å²) >= 11 is 0. The molecule has 0 bridgehead atoms. The molecular formula is C14H17NO6. The molecule has 2 N–H and O–H groups in total. The van der Waals surface area contributed by atoms with Crippen molar-refractivity contribution in [2.75, 3.05) is 26.8 Å². The molecule has 0 saturated carbocycles. The number of phenolic OH excluding ortho intramolecular Hbond substituents is 1. The van der Waals surface area contributed by atoms with Crippen molar-refractivity contribution in [3.05, 3.63) is 23.8 Å². The van der Waals surface area contributed by atoms with Gasteiger partial charge < -0.3 is 24.6 Å². The van der Waals surface area contributed by atoms with Gasteiger partial charge in [-0.15, -0.1) is 0 Å². The van der Waals surface area contributed by atoms with Gasteiger partial charge in [0, 0.05) is 0 Å². The summed E-state index contributed by atoms with van der Waals surface area (Å²) in [4.78, 5) is 24.2. The van der Waals surface area contributed by atoms with Gasteiger partial charge in [-0.2, -0.15) is 0 Å². The van der Waals surface area contributed by atoms with Crippen molar-refractivity contribution in [2.45, 2.75) is 12.5 Å². The van der Waals surface area contributed by atoms with Gasteiger partial charge in [0.15, 0.2) is 0 Å². The molecule has 0 radical (unpaired) electrons. The van der Waals surface area contributed by atoms with Crippen molar-refractivity contribution in [3.63, 3.8) is 0 Å². The zero-order valence-corrected chi connectivity index (χ0v) is 11.8. The molecule has 2 rings (SSSR count). The van der Waals surface area contributed by atoms with Gasteiger partial charge in [-0.3, -0.25) is 4.79 Å². The van der Waals surface area contributed by atoms with Gasteiger partial charge in [0.05, 0.1) is 25.8 Å². The van der Waals surface area contributed by atoms with Crippen molar-refractivity contribution < 1.29 is 29.3 Å². The monoisotopic (exact) mass is 295 g/mol. The van der Waals surface area contributed by atoms with Crippen LogP contribution in [0.1, 0.15) is 17.3 Å². The Morgan fingerprint density at radius 1 is 1.38 bits per heavy atom. The summed E-state index contributed by atoms with van der Waals surface area (Å²) in [7, 11) is 1.47. The number of carbonyl (C=O) groups is 2. The standard InChI is InChI=1S/C14H17NO6/c1-14(21-6-12(17)18)7-15(8-14)13(19)10-5-9(20-2)3-4-11(10)16/h3-5,16H,6-8H2,1-2H3,(H,17,18). The van der Waals surface area contributed by atoms with E-state index in [0.29, 0.717) is 5.75 Å². The Kier molecular flexibility index (Phi) is 4.04. The van der Waals surface area contributed by atoms with Crippen LogP contribution >= 0.6 is 0 Å². The molecule has 1 aromatic rings. The van der Waals surface area contributed by atoms with Crippen molar-refractivity contribution >= 4 is 11.9 Å². The van der Waals surface area contributed by atoms with E-state index in [1.54, 1.807) is 13.0 Å². The highest BCUT2D eigenvalue weighted by atomic mass is 16.5. The first kappa shape index (κ1) is 15.1. The van der Waals surface area contributed by atoms with E-state index in [9.17, 15) is 14.7 Å². The number of amides is 1. The number of hydrogen-bond acceptors (Lipinski definition) is 5. The lowest BCUT2D eigenvalue weighted by molar-refractivity contribution is -0.159. The number of ether oxygens (including phenoxy) is 2. The normalized spacial score (nSPS) is 16.2. The van der Waals surface area contributed by atoms with E-state index in [4.69, 9.17) is 14.6 Å². The molecule has 0 atom stereocenters. The predicted molar refractivity (Wildman–Crippen MR) is 72.6 cm³/mol. The molecule has 1 amide bonds. The number of nitrogens with zero attached hydrogens (tertiary/aromatic N) is 1. The highest BCUT2D eigenvalue weighted by Crippen LogP contribution is 2.30. The van der Waals surface area contributed by atoms with Gasteiger partial charge in [0.1, 0.15) is 23.7 Å². The molecular weight excluding hydrogens is 278 g/mol. The minimum absolute atomic E-state index is 0.124. The molecule has 1 fully saturated rings. The molecule has 1 aliphatic rings. The summed E-state index contributed by atoms with van der Waals surface area (Å²) in [6, 6.07) is 4.42. The van der Waals surface area contributed by atoms with Crippen molar-refractivity contribution in [1.82, 2.24) is 4.90 Å². The lowest BCUT2D eigenvalue weighted by Crippen LogP contribution is -2.63. The van der Waals surface area contributed by atoms with Crippen LogP contribution in [0, 0.1) is 0 Å². The van der Waals surface area contributed by atoms with Crippen LogP contribution in [0.15, 0.2) is 18.2 Å². The van der Waals surface area contributed by atoms with Crippen LogP contribution in [0.3, 0.4) is 0 Å². The number of likely N-dealkylation sites (tertiary alicyclic amines) is 1. The molecule has 0 unspecified atom stereocenters. The van der Waals surface area contributed by atoms with E-state index in [0.717, 1.165) is 0 Å². The lowest BCUT2D eigenvalue weighted by Gasteiger charge is -2.47. The number of aliphatic carboxylic acids is 1. The van der Waals surface area contributed by atoms with E-state index in [-0.39, 0.29) is 30.3 Å². The highest BCUT2D eigenvalue weighted by molar-refractivity contribution is 5.97. The fraction of sp³-hybridized carbons (Fsp3) is 0.429. The average molecular weight is 295 g/mol.